The van der Waals surface area contributed by atoms with E-state index < -0.39 is 0 Å². The van der Waals surface area contributed by atoms with Crippen molar-refractivity contribution in [2.45, 2.75) is 57.4 Å². The SMILES string of the molecule is CN(C)C1CCN(C(=O)Cc2cn3c(C(=O)NCC45CC6CC(CC(C6)C4)C5)cccc3n2)C1. The number of likely N-dealkylation sites (N-methyl/N-ethyl adjacent to an activating group) is 1. The van der Waals surface area contributed by atoms with E-state index in [-0.39, 0.29) is 18.2 Å². The summed E-state index contributed by atoms with van der Waals surface area (Å²) < 4.78 is 1.85. The minimum Gasteiger partial charge on any atom is -0.350 e. The van der Waals surface area contributed by atoms with Crippen LogP contribution in [0.5, 0.6) is 0 Å². The molecule has 4 saturated carbocycles. The first-order chi connectivity index (χ1) is 16.4. The Morgan fingerprint density at radius 2 is 1.82 bits per heavy atom. The molecule has 4 aliphatic carbocycles. The summed E-state index contributed by atoms with van der Waals surface area (Å²) in [7, 11) is 4.13. The van der Waals surface area contributed by atoms with Crippen molar-refractivity contribution in [3.05, 3.63) is 35.8 Å². The van der Waals surface area contributed by atoms with Crippen LogP contribution in [-0.2, 0) is 11.2 Å². The van der Waals surface area contributed by atoms with Gasteiger partial charge in [0.25, 0.3) is 5.91 Å². The van der Waals surface area contributed by atoms with Crippen molar-refractivity contribution in [1.29, 1.82) is 0 Å². The Kier molecular flexibility index (Phi) is 5.43. The summed E-state index contributed by atoms with van der Waals surface area (Å²) in [4.78, 5) is 34.9. The Labute approximate surface area is 201 Å². The Balaban J connectivity index is 1.13. The van der Waals surface area contributed by atoms with Crippen LogP contribution in [0, 0.1) is 23.2 Å². The molecule has 7 rings (SSSR count). The van der Waals surface area contributed by atoms with Crippen LogP contribution >= 0.6 is 0 Å². The van der Waals surface area contributed by atoms with Gasteiger partial charge in [-0.3, -0.25) is 14.0 Å². The molecule has 7 nitrogen and oxygen atoms in total. The summed E-state index contributed by atoms with van der Waals surface area (Å²) in [6, 6.07) is 6.07. The summed E-state index contributed by atoms with van der Waals surface area (Å²) in [5.41, 5.74) is 2.35. The molecule has 1 saturated heterocycles. The van der Waals surface area contributed by atoms with Gasteiger partial charge in [-0.05, 0) is 94.3 Å². The number of carbonyl (C=O) groups excluding carboxylic acids is 2. The number of nitrogens with zero attached hydrogens (tertiary/aromatic N) is 4. The minimum absolute atomic E-state index is 0.0370. The highest BCUT2D eigenvalue weighted by atomic mass is 16.2. The van der Waals surface area contributed by atoms with E-state index in [1.807, 2.05) is 33.7 Å². The van der Waals surface area contributed by atoms with E-state index >= 15 is 0 Å². The number of aromatic nitrogens is 2. The Morgan fingerprint density at radius 3 is 2.47 bits per heavy atom. The number of carbonyl (C=O) groups is 2. The monoisotopic (exact) mass is 463 g/mol. The molecule has 3 heterocycles. The van der Waals surface area contributed by atoms with Crippen LogP contribution in [0.25, 0.3) is 5.65 Å². The zero-order valence-corrected chi connectivity index (χ0v) is 20.5. The van der Waals surface area contributed by atoms with Crippen LogP contribution in [0.15, 0.2) is 24.4 Å². The van der Waals surface area contributed by atoms with E-state index in [0.717, 1.165) is 55.1 Å². The van der Waals surface area contributed by atoms with Crippen LogP contribution in [0.1, 0.15) is 61.1 Å². The van der Waals surface area contributed by atoms with Gasteiger partial charge in [-0.25, -0.2) is 4.98 Å². The number of nitrogens with one attached hydrogen (secondary N) is 1. The first kappa shape index (κ1) is 22.1. The van der Waals surface area contributed by atoms with E-state index in [1.165, 1.54) is 38.5 Å². The lowest BCUT2D eigenvalue weighted by molar-refractivity contribution is -0.129. The predicted molar refractivity (Wildman–Crippen MR) is 131 cm³/mol. The number of amides is 2. The molecule has 1 atom stereocenters. The van der Waals surface area contributed by atoms with Crippen LogP contribution in [0.4, 0.5) is 0 Å². The van der Waals surface area contributed by atoms with Gasteiger partial charge < -0.3 is 15.1 Å². The third-order valence-electron chi connectivity index (χ3n) is 9.14. The standard InChI is InChI=1S/C27H37N5O2/c1-30(2)22-6-7-31(16-22)25(33)11-21-15-32-23(4-3-5-24(32)29-21)26(34)28-17-27-12-18-8-19(13-27)10-20(9-18)14-27/h3-5,15,18-20,22H,6-14,16-17H2,1-2H3,(H,28,34). The molecule has 0 radical (unpaired) electrons. The van der Waals surface area contributed by atoms with Crippen LogP contribution < -0.4 is 5.32 Å². The molecule has 2 aromatic heterocycles. The smallest absolute Gasteiger partial charge is 0.268 e. The van der Waals surface area contributed by atoms with Crippen molar-refractivity contribution >= 4 is 17.5 Å². The van der Waals surface area contributed by atoms with Gasteiger partial charge in [0.2, 0.25) is 5.91 Å². The van der Waals surface area contributed by atoms with Crippen LogP contribution in [0.3, 0.4) is 0 Å². The lowest BCUT2D eigenvalue weighted by Gasteiger charge is -2.56. The fourth-order valence-corrected chi connectivity index (χ4v) is 7.85. The van der Waals surface area contributed by atoms with Gasteiger partial charge in [0, 0.05) is 31.9 Å². The topological polar surface area (TPSA) is 70.0 Å². The summed E-state index contributed by atoms with van der Waals surface area (Å²) in [6.45, 7) is 2.36. The predicted octanol–water partition coefficient (Wildman–Crippen LogP) is 2.99. The third kappa shape index (κ3) is 4.02. The second-order valence-electron chi connectivity index (χ2n) is 11.9. The molecule has 1 unspecified atom stereocenters. The second kappa shape index (κ2) is 8.36. The minimum atomic E-state index is -0.0370. The van der Waals surface area contributed by atoms with Gasteiger partial charge in [0.1, 0.15) is 11.3 Å². The van der Waals surface area contributed by atoms with Crippen molar-refractivity contribution < 1.29 is 9.59 Å². The third-order valence-corrected chi connectivity index (χ3v) is 9.14. The molecule has 5 aliphatic rings. The average Bonchev–Trinajstić information content (AvgIpc) is 3.43. The molecule has 34 heavy (non-hydrogen) atoms. The molecule has 4 bridgehead atoms. The molecule has 0 aromatic carbocycles. The van der Waals surface area contributed by atoms with E-state index in [2.05, 4.69) is 29.3 Å². The zero-order chi connectivity index (χ0) is 23.4. The van der Waals surface area contributed by atoms with Gasteiger partial charge in [-0.2, -0.15) is 0 Å². The first-order valence-corrected chi connectivity index (χ1v) is 13.1. The molecular weight excluding hydrogens is 426 g/mol. The van der Waals surface area contributed by atoms with E-state index in [4.69, 9.17) is 0 Å². The van der Waals surface area contributed by atoms with Crippen molar-refractivity contribution in [2.75, 3.05) is 33.7 Å². The maximum atomic E-state index is 13.3. The first-order valence-electron chi connectivity index (χ1n) is 13.1. The van der Waals surface area contributed by atoms with Gasteiger partial charge in [0.15, 0.2) is 0 Å². The van der Waals surface area contributed by atoms with E-state index in [0.29, 0.717) is 17.2 Å². The number of rotatable bonds is 6. The normalized spacial score (nSPS) is 32.1. The second-order valence-corrected chi connectivity index (χ2v) is 11.9. The maximum absolute atomic E-state index is 13.3. The fraction of sp³-hybridized carbons (Fsp3) is 0.667. The Hall–Kier alpha value is -2.41. The lowest BCUT2D eigenvalue weighted by atomic mass is 9.49. The largest absolute Gasteiger partial charge is 0.350 e. The molecule has 1 N–H and O–H groups in total. The van der Waals surface area contributed by atoms with Crippen molar-refractivity contribution in [3.63, 3.8) is 0 Å². The number of imidazole rings is 1. The summed E-state index contributed by atoms with van der Waals surface area (Å²) >= 11 is 0. The molecule has 7 heteroatoms. The van der Waals surface area contributed by atoms with Crippen molar-refractivity contribution in [3.8, 4) is 0 Å². The number of fused-ring (bicyclic) bond motifs is 1. The van der Waals surface area contributed by atoms with E-state index in [9.17, 15) is 9.59 Å². The Morgan fingerprint density at radius 1 is 1.12 bits per heavy atom. The van der Waals surface area contributed by atoms with Crippen LogP contribution in [-0.4, -0.2) is 70.8 Å². The number of pyridine rings is 1. The molecule has 1 aliphatic heterocycles. The van der Waals surface area contributed by atoms with Gasteiger partial charge in [-0.1, -0.05) is 6.07 Å². The molecule has 2 amide bonds. The molecule has 5 fully saturated rings. The number of hydrogen-bond acceptors (Lipinski definition) is 4. The molecule has 2 aromatic rings. The number of likely N-dealkylation sites (tertiary alicyclic amines) is 1. The van der Waals surface area contributed by atoms with Crippen molar-refractivity contribution in [2.24, 2.45) is 23.2 Å². The Bertz CT molecular complexity index is 1070. The summed E-state index contributed by atoms with van der Waals surface area (Å²) in [5.74, 6) is 2.71. The highest BCUT2D eigenvalue weighted by Gasteiger charge is 2.50. The van der Waals surface area contributed by atoms with E-state index in [1.54, 1.807) is 0 Å². The lowest BCUT2D eigenvalue weighted by Crippen LogP contribution is -2.51. The quantitative estimate of drug-likeness (QED) is 0.715. The highest BCUT2D eigenvalue weighted by Crippen LogP contribution is 2.59. The van der Waals surface area contributed by atoms with Crippen LogP contribution in [0.2, 0.25) is 0 Å². The highest BCUT2D eigenvalue weighted by molar-refractivity contribution is 5.93. The van der Waals surface area contributed by atoms with Gasteiger partial charge in [-0.15, -0.1) is 0 Å². The van der Waals surface area contributed by atoms with Gasteiger partial charge in [0.05, 0.1) is 12.1 Å². The molecule has 0 spiro atoms. The average molecular weight is 464 g/mol. The summed E-state index contributed by atoms with van der Waals surface area (Å²) in [5, 5.41) is 3.29. The molecular formula is C27H37N5O2. The number of hydrogen-bond donors (Lipinski definition) is 1. The molecule has 182 valence electrons. The fourth-order valence-electron chi connectivity index (χ4n) is 7.85. The summed E-state index contributed by atoms with van der Waals surface area (Å²) in [6.07, 6.45) is 11.2. The zero-order valence-electron chi connectivity index (χ0n) is 20.5. The van der Waals surface area contributed by atoms with Gasteiger partial charge >= 0.3 is 0 Å². The van der Waals surface area contributed by atoms with Crippen molar-refractivity contribution in [1.82, 2.24) is 24.5 Å². The maximum Gasteiger partial charge on any atom is 0.268 e.